The molecule has 0 aromatic heterocycles. The maximum absolute atomic E-state index is 12.6. The van der Waals surface area contributed by atoms with Crippen LogP contribution in [0.5, 0.6) is 17.2 Å². The normalized spacial score (nSPS) is 11.3. The van der Waals surface area contributed by atoms with Crippen LogP contribution in [0.25, 0.3) is 0 Å². The summed E-state index contributed by atoms with van der Waals surface area (Å²) in [6.45, 7) is 6.07. The van der Waals surface area contributed by atoms with E-state index in [9.17, 15) is 10.1 Å². The number of nitriles is 1. The predicted octanol–water partition coefficient (Wildman–Crippen LogP) is 5.07. The largest absolute Gasteiger partial charge is 0.490 e. The van der Waals surface area contributed by atoms with Crippen molar-refractivity contribution in [3.8, 4) is 23.3 Å². The van der Waals surface area contributed by atoms with E-state index in [1.165, 1.54) is 12.1 Å². The van der Waals surface area contributed by atoms with Gasteiger partial charge in [-0.05, 0) is 39.0 Å². The second kappa shape index (κ2) is 10.1. The molecular weight excluding hydrogens is 403 g/mol. The Bertz CT molecular complexity index is 897. The summed E-state index contributed by atoms with van der Waals surface area (Å²) in [4.78, 5) is 12.6. The fourth-order valence-corrected chi connectivity index (χ4v) is 2.79. The number of hydrogen-bond acceptors (Lipinski definition) is 5. The van der Waals surface area contributed by atoms with Crippen molar-refractivity contribution >= 4 is 34.8 Å². The van der Waals surface area contributed by atoms with Gasteiger partial charge in [-0.1, -0.05) is 23.2 Å². The van der Waals surface area contributed by atoms with Crippen molar-refractivity contribution in [2.24, 2.45) is 0 Å². The fraction of sp³-hybridized carbons (Fsp3) is 0.300. The number of carbonyl (C=O) groups excluding carboxylic acids is 1. The smallest absolute Gasteiger partial charge is 0.265 e. The Morgan fingerprint density at radius 1 is 1.11 bits per heavy atom. The van der Waals surface area contributed by atoms with Crippen molar-refractivity contribution in [2.75, 3.05) is 18.5 Å². The summed E-state index contributed by atoms with van der Waals surface area (Å²) in [6, 6.07) is 9.86. The summed E-state index contributed by atoms with van der Waals surface area (Å²) in [5.41, 5.74) is 0.550. The topological polar surface area (TPSA) is 80.6 Å². The fourth-order valence-electron chi connectivity index (χ4n) is 2.34. The van der Waals surface area contributed by atoms with Gasteiger partial charge in [-0.3, -0.25) is 4.79 Å². The number of nitrogens with zero attached hydrogens (tertiary/aromatic N) is 1. The first-order valence-electron chi connectivity index (χ1n) is 8.65. The van der Waals surface area contributed by atoms with Gasteiger partial charge in [-0.25, -0.2) is 0 Å². The van der Waals surface area contributed by atoms with Gasteiger partial charge in [0.15, 0.2) is 17.6 Å². The first-order chi connectivity index (χ1) is 13.4. The van der Waals surface area contributed by atoms with Crippen molar-refractivity contribution in [1.82, 2.24) is 0 Å². The number of amides is 1. The summed E-state index contributed by atoms with van der Waals surface area (Å²) in [5.74, 6) is 0.758. The highest BCUT2D eigenvalue weighted by molar-refractivity contribution is 6.35. The minimum Gasteiger partial charge on any atom is -0.490 e. The quantitative estimate of drug-likeness (QED) is 0.641. The Hall–Kier alpha value is -2.62. The zero-order chi connectivity index (χ0) is 20.7. The molecule has 2 aromatic carbocycles. The number of hydrogen-bond donors (Lipinski definition) is 1. The molecule has 0 spiro atoms. The van der Waals surface area contributed by atoms with Crippen LogP contribution in [0.3, 0.4) is 0 Å². The van der Waals surface area contributed by atoms with Gasteiger partial charge >= 0.3 is 0 Å². The lowest BCUT2D eigenvalue weighted by Gasteiger charge is -2.18. The summed E-state index contributed by atoms with van der Waals surface area (Å²) >= 11 is 11.9. The molecule has 0 aliphatic carbocycles. The van der Waals surface area contributed by atoms with Crippen molar-refractivity contribution < 1.29 is 19.0 Å². The highest BCUT2D eigenvalue weighted by Crippen LogP contribution is 2.34. The zero-order valence-corrected chi connectivity index (χ0v) is 17.2. The number of ether oxygens (including phenoxy) is 3. The van der Waals surface area contributed by atoms with E-state index in [-0.39, 0.29) is 5.56 Å². The van der Waals surface area contributed by atoms with Crippen molar-refractivity contribution in [2.45, 2.75) is 26.9 Å². The van der Waals surface area contributed by atoms with Gasteiger partial charge in [-0.15, -0.1) is 0 Å². The molecule has 0 heterocycles. The van der Waals surface area contributed by atoms with Gasteiger partial charge in [0.25, 0.3) is 5.91 Å². The van der Waals surface area contributed by atoms with E-state index in [2.05, 4.69) is 5.32 Å². The number of anilines is 1. The van der Waals surface area contributed by atoms with Crippen LogP contribution >= 0.6 is 23.2 Å². The van der Waals surface area contributed by atoms with E-state index in [0.29, 0.717) is 46.2 Å². The molecule has 6 nitrogen and oxygen atoms in total. The molecule has 0 bridgehead atoms. The number of rotatable bonds is 8. The van der Waals surface area contributed by atoms with Crippen LogP contribution < -0.4 is 19.5 Å². The maximum Gasteiger partial charge on any atom is 0.265 e. The SMILES string of the molecule is CCOc1cc(C#N)c(NC(=O)[C@H](C)Oc2ccc(Cl)cc2Cl)cc1OCC. The van der Waals surface area contributed by atoms with Crippen molar-refractivity contribution in [3.05, 3.63) is 45.9 Å². The highest BCUT2D eigenvalue weighted by Gasteiger charge is 2.20. The molecule has 0 aliphatic heterocycles. The van der Waals surface area contributed by atoms with Crippen LogP contribution in [0.1, 0.15) is 26.3 Å². The lowest BCUT2D eigenvalue weighted by molar-refractivity contribution is -0.122. The molecular formula is C20H20Cl2N2O4. The molecule has 0 unspecified atom stereocenters. The average Bonchev–Trinajstić information content (AvgIpc) is 2.66. The Labute approximate surface area is 173 Å². The number of benzene rings is 2. The van der Waals surface area contributed by atoms with Gasteiger partial charge in [0, 0.05) is 17.2 Å². The van der Waals surface area contributed by atoms with E-state index in [1.807, 2.05) is 19.9 Å². The maximum atomic E-state index is 12.6. The monoisotopic (exact) mass is 422 g/mol. The van der Waals surface area contributed by atoms with E-state index < -0.39 is 12.0 Å². The summed E-state index contributed by atoms with van der Waals surface area (Å²) < 4.78 is 16.7. The van der Waals surface area contributed by atoms with E-state index in [4.69, 9.17) is 37.4 Å². The average molecular weight is 423 g/mol. The molecule has 148 valence electrons. The molecule has 8 heteroatoms. The van der Waals surface area contributed by atoms with Crippen molar-refractivity contribution in [1.29, 1.82) is 5.26 Å². The third-order valence-electron chi connectivity index (χ3n) is 3.63. The third kappa shape index (κ3) is 5.44. The summed E-state index contributed by atoms with van der Waals surface area (Å²) in [7, 11) is 0. The molecule has 28 heavy (non-hydrogen) atoms. The Morgan fingerprint density at radius 2 is 1.75 bits per heavy atom. The predicted molar refractivity (Wildman–Crippen MR) is 109 cm³/mol. The van der Waals surface area contributed by atoms with E-state index >= 15 is 0 Å². The molecule has 1 atom stereocenters. The molecule has 1 N–H and O–H groups in total. The van der Waals surface area contributed by atoms with Gasteiger partial charge in [0.1, 0.15) is 11.8 Å². The first kappa shape index (κ1) is 21.7. The van der Waals surface area contributed by atoms with Crippen LogP contribution in [0.4, 0.5) is 5.69 Å². The molecule has 0 radical (unpaired) electrons. The third-order valence-corrected chi connectivity index (χ3v) is 4.16. The number of nitrogens with one attached hydrogen (secondary N) is 1. The van der Waals surface area contributed by atoms with Crippen LogP contribution in [0.15, 0.2) is 30.3 Å². The van der Waals surface area contributed by atoms with Gasteiger partial charge in [0.05, 0.1) is 29.5 Å². The van der Waals surface area contributed by atoms with E-state index in [0.717, 1.165) is 0 Å². The molecule has 0 saturated carbocycles. The minimum atomic E-state index is -0.868. The van der Waals surface area contributed by atoms with Gasteiger partial charge in [0.2, 0.25) is 0 Å². The molecule has 2 rings (SSSR count). The lowest BCUT2D eigenvalue weighted by Crippen LogP contribution is -2.30. The number of halogens is 2. The highest BCUT2D eigenvalue weighted by atomic mass is 35.5. The van der Waals surface area contributed by atoms with Crippen LogP contribution in [0.2, 0.25) is 10.0 Å². The molecule has 0 aliphatic rings. The second-order valence-corrected chi connectivity index (χ2v) is 6.49. The standard InChI is InChI=1S/C20H20Cl2N2O4/c1-4-26-18-8-13(11-23)16(10-19(18)27-5-2)24-20(25)12(3)28-17-7-6-14(21)9-15(17)22/h6-10,12H,4-5H2,1-3H3,(H,24,25)/t12-/m0/s1. The lowest BCUT2D eigenvalue weighted by atomic mass is 10.1. The van der Waals surface area contributed by atoms with Gasteiger partial charge < -0.3 is 19.5 Å². The van der Waals surface area contributed by atoms with Crippen LogP contribution in [-0.2, 0) is 4.79 Å². The van der Waals surface area contributed by atoms with Gasteiger partial charge in [-0.2, -0.15) is 5.26 Å². The number of carbonyl (C=O) groups is 1. The Morgan fingerprint density at radius 3 is 2.32 bits per heavy atom. The molecule has 0 fully saturated rings. The van der Waals surface area contributed by atoms with E-state index in [1.54, 1.807) is 25.1 Å². The summed E-state index contributed by atoms with van der Waals surface area (Å²) in [5, 5.41) is 12.9. The minimum absolute atomic E-state index is 0.247. The molecule has 0 saturated heterocycles. The van der Waals surface area contributed by atoms with Crippen LogP contribution in [0, 0.1) is 11.3 Å². The molecule has 1 amide bonds. The Balaban J connectivity index is 2.21. The van der Waals surface area contributed by atoms with Crippen LogP contribution in [-0.4, -0.2) is 25.2 Å². The second-order valence-electron chi connectivity index (χ2n) is 5.65. The zero-order valence-electron chi connectivity index (χ0n) is 15.7. The van der Waals surface area contributed by atoms with Crippen molar-refractivity contribution in [3.63, 3.8) is 0 Å². The Kier molecular flexibility index (Phi) is 7.80. The molecule has 2 aromatic rings. The summed E-state index contributed by atoms with van der Waals surface area (Å²) in [6.07, 6.45) is -0.868. The first-order valence-corrected chi connectivity index (χ1v) is 9.41.